The van der Waals surface area contributed by atoms with Gasteiger partial charge >= 0.3 is 0 Å². The SMILES string of the molecule is CCB(CC)[C@H]1CCCC[C@@H]1[C@@H](OCc1ccccc1)c1ccccc1. The summed E-state index contributed by atoms with van der Waals surface area (Å²) in [6.07, 6.45) is 8.19. The summed E-state index contributed by atoms with van der Waals surface area (Å²) in [6, 6.07) is 21.5. The number of rotatable bonds is 8. The molecule has 0 bridgehead atoms. The van der Waals surface area contributed by atoms with Gasteiger partial charge in [-0.2, -0.15) is 0 Å². The van der Waals surface area contributed by atoms with Crippen LogP contribution in [0.4, 0.5) is 0 Å². The van der Waals surface area contributed by atoms with Crippen LogP contribution in [-0.4, -0.2) is 6.71 Å². The summed E-state index contributed by atoms with van der Waals surface area (Å²) in [4.78, 5) is 0. The molecule has 1 aliphatic rings. The van der Waals surface area contributed by atoms with Crippen LogP contribution in [0, 0.1) is 5.92 Å². The molecule has 26 heavy (non-hydrogen) atoms. The Morgan fingerprint density at radius 1 is 0.885 bits per heavy atom. The lowest BCUT2D eigenvalue weighted by Crippen LogP contribution is -2.33. The fourth-order valence-corrected chi connectivity index (χ4v) is 4.91. The Balaban J connectivity index is 1.83. The fourth-order valence-electron chi connectivity index (χ4n) is 4.91. The summed E-state index contributed by atoms with van der Waals surface area (Å²) in [7, 11) is 0. The molecule has 138 valence electrons. The first kappa shape index (κ1) is 19.2. The highest BCUT2D eigenvalue weighted by Crippen LogP contribution is 2.47. The van der Waals surface area contributed by atoms with E-state index in [9.17, 15) is 0 Å². The molecule has 0 radical (unpaired) electrons. The first-order valence-electron chi connectivity index (χ1n) is 10.5. The van der Waals surface area contributed by atoms with E-state index in [0.29, 0.717) is 12.5 Å². The normalized spacial score (nSPS) is 21.3. The van der Waals surface area contributed by atoms with Gasteiger partial charge in [-0.3, -0.25) is 0 Å². The van der Waals surface area contributed by atoms with E-state index < -0.39 is 0 Å². The van der Waals surface area contributed by atoms with E-state index in [4.69, 9.17) is 4.74 Å². The van der Waals surface area contributed by atoms with E-state index in [1.54, 1.807) is 0 Å². The molecule has 0 aliphatic heterocycles. The van der Waals surface area contributed by atoms with Gasteiger partial charge in [-0.1, -0.05) is 112 Å². The van der Waals surface area contributed by atoms with Gasteiger partial charge in [-0.25, -0.2) is 0 Å². The average Bonchev–Trinajstić information content (AvgIpc) is 2.72. The monoisotopic (exact) mass is 348 g/mol. The van der Waals surface area contributed by atoms with Crippen molar-refractivity contribution in [1.82, 2.24) is 0 Å². The quantitative estimate of drug-likeness (QED) is 0.465. The molecule has 3 rings (SSSR count). The van der Waals surface area contributed by atoms with Crippen molar-refractivity contribution in [2.45, 2.75) is 70.7 Å². The van der Waals surface area contributed by atoms with Gasteiger partial charge in [0.2, 0.25) is 0 Å². The molecule has 0 spiro atoms. The van der Waals surface area contributed by atoms with Crippen molar-refractivity contribution < 1.29 is 4.74 Å². The van der Waals surface area contributed by atoms with Crippen molar-refractivity contribution in [2.24, 2.45) is 5.92 Å². The average molecular weight is 348 g/mol. The van der Waals surface area contributed by atoms with Gasteiger partial charge in [0.05, 0.1) is 12.7 Å². The Morgan fingerprint density at radius 3 is 2.15 bits per heavy atom. The van der Waals surface area contributed by atoms with Crippen molar-refractivity contribution in [3.8, 4) is 0 Å². The third-order valence-electron chi connectivity index (χ3n) is 6.32. The van der Waals surface area contributed by atoms with Gasteiger partial charge in [-0.15, -0.1) is 0 Å². The molecule has 3 atom stereocenters. The summed E-state index contributed by atoms with van der Waals surface area (Å²) in [5, 5.41) is 0. The van der Waals surface area contributed by atoms with Crippen LogP contribution in [0.2, 0.25) is 18.5 Å². The lowest BCUT2D eigenvalue weighted by atomic mass is 9.33. The highest BCUT2D eigenvalue weighted by molar-refractivity contribution is 6.60. The van der Waals surface area contributed by atoms with E-state index in [1.807, 2.05) is 0 Å². The summed E-state index contributed by atoms with van der Waals surface area (Å²) in [5.41, 5.74) is 2.62. The van der Waals surface area contributed by atoms with Crippen molar-refractivity contribution >= 4 is 6.71 Å². The molecule has 0 heterocycles. The van der Waals surface area contributed by atoms with Crippen molar-refractivity contribution in [3.63, 3.8) is 0 Å². The molecule has 2 aromatic rings. The van der Waals surface area contributed by atoms with Crippen LogP contribution in [-0.2, 0) is 11.3 Å². The van der Waals surface area contributed by atoms with Gasteiger partial charge < -0.3 is 4.74 Å². The predicted octanol–water partition coefficient (Wildman–Crippen LogP) is 7.04. The minimum absolute atomic E-state index is 0.210. The number of hydrogen-bond donors (Lipinski definition) is 0. The second kappa shape index (κ2) is 9.97. The number of hydrogen-bond acceptors (Lipinski definition) is 1. The summed E-state index contributed by atoms with van der Waals surface area (Å²) < 4.78 is 6.62. The third-order valence-corrected chi connectivity index (χ3v) is 6.32. The molecule has 1 nitrogen and oxygen atoms in total. The van der Waals surface area contributed by atoms with Crippen LogP contribution in [0.15, 0.2) is 60.7 Å². The van der Waals surface area contributed by atoms with Crippen LogP contribution < -0.4 is 0 Å². The molecule has 1 aliphatic carbocycles. The third kappa shape index (κ3) is 4.79. The molecule has 0 saturated heterocycles. The topological polar surface area (TPSA) is 9.23 Å². The molecule has 2 heteroatoms. The zero-order chi connectivity index (χ0) is 18.2. The first-order valence-corrected chi connectivity index (χ1v) is 10.5. The zero-order valence-corrected chi connectivity index (χ0v) is 16.4. The molecular formula is C24H33BO. The van der Waals surface area contributed by atoms with Crippen molar-refractivity contribution in [3.05, 3.63) is 71.8 Å². The molecular weight excluding hydrogens is 315 g/mol. The predicted molar refractivity (Wildman–Crippen MR) is 113 cm³/mol. The van der Waals surface area contributed by atoms with E-state index in [1.165, 1.54) is 49.5 Å². The van der Waals surface area contributed by atoms with Gasteiger partial charge in [0.25, 0.3) is 0 Å². The maximum absolute atomic E-state index is 6.62. The van der Waals surface area contributed by atoms with Crippen LogP contribution >= 0.6 is 0 Å². The van der Waals surface area contributed by atoms with E-state index in [2.05, 4.69) is 74.5 Å². The van der Waals surface area contributed by atoms with E-state index in [-0.39, 0.29) is 6.10 Å². The Kier molecular flexibility index (Phi) is 7.37. The maximum Gasteiger partial charge on any atom is 0.143 e. The molecule has 1 fully saturated rings. The van der Waals surface area contributed by atoms with Crippen LogP contribution in [0.25, 0.3) is 0 Å². The molecule has 1 saturated carbocycles. The highest BCUT2D eigenvalue weighted by Gasteiger charge is 2.37. The summed E-state index contributed by atoms with van der Waals surface area (Å²) >= 11 is 0. The summed E-state index contributed by atoms with van der Waals surface area (Å²) in [5.74, 6) is 1.43. The minimum Gasteiger partial charge on any atom is -0.369 e. The maximum atomic E-state index is 6.62. The standard InChI is InChI=1S/C24H33BO/c1-3-25(4-2)23-18-12-11-17-22(23)24(21-15-9-6-10-16-21)26-19-20-13-7-5-8-14-20/h5-10,13-16,22-24H,3-4,11-12,17-19H2,1-2H3/t22-,23-,24-/m0/s1. The van der Waals surface area contributed by atoms with Crippen LogP contribution in [0.5, 0.6) is 0 Å². The van der Waals surface area contributed by atoms with Gasteiger partial charge in [0.1, 0.15) is 6.71 Å². The smallest absolute Gasteiger partial charge is 0.143 e. The minimum atomic E-state index is 0.210. The summed E-state index contributed by atoms with van der Waals surface area (Å²) in [6.45, 7) is 6.25. The Morgan fingerprint density at radius 2 is 1.50 bits per heavy atom. The molecule has 0 unspecified atom stereocenters. The van der Waals surface area contributed by atoms with E-state index >= 15 is 0 Å². The lowest BCUT2D eigenvalue weighted by molar-refractivity contribution is -0.0127. The lowest BCUT2D eigenvalue weighted by Gasteiger charge is -2.40. The Hall–Kier alpha value is -1.54. The second-order valence-corrected chi connectivity index (χ2v) is 7.82. The number of ether oxygens (including phenoxy) is 1. The highest BCUT2D eigenvalue weighted by atomic mass is 16.5. The number of benzene rings is 2. The van der Waals surface area contributed by atoms with Crippen LogP contribution in [0.1, 0.15) is 56.8 Å². The van der Waals surface area contributed by atoms with Gasteiger partial charge in [0, 0.05) is 0 Å². The molecule has 0 aromatic heterocycles. The van der Waals surface area contributed by atoms with Gasteiger partial charge in [0.15, 0.2) is 0 Å². The van der Waals surface area contributed by atoms with Crippen molar-refractivity contribution in [1.29, 1.82) is 0 Å². The molecule has 0 N–H and O–H groups in total. The Bertz CT molecular complexity index is 623. The van der Waals surface area contributed by atoms with Crippen LogP contribution in [0.3, 0.4) is 0 Å². The zero-order valence-electron chi connectivity index (χ0n) is 16.4. The second-order valence-electron chi connectivity index (χ2n) is 7.82. The van der Waals surface area contributed by atoms with Gasteiger partial charge in [-0.05, 0) is 23.5 Å². The fraction of sp³-hybridized carbons (Fsp3) is 0.500. The largest absolute Gasteiger partial charge is 0.369 e. The Labute approximate surface area is 160 Å². The van der Waals surface area contributed by atoms with E-state index in [0.717, 1.165) is 12.5 Å². The molecule has 2 aromatic carbocycles. The van der Waals surface area contributed by atoms with Crippen molar-refractivity contribution in [2.75, 3.05) is 0 Å². The molecule has 0 amide bonds. The first-order chi connectivity index (χ1) is 12.8.